The summed E-state index contributed by atoms with van der Waals surface area (Å²) in [6.07, 6.45) is 0.932. The maximum atomic E-state index is 11.9. The van der Waals surface area contributed by atoms with Crippen LogP contribution in [0.1, 0.15) is 12.5 Å². The Morgan fingerprint density at radius 2 is 1.89 bits per heavy atom. The van der Waals surface area contributed by atoms with Gasteiger partial charge in [0.2, 0.25) is 0 Å². The number of halogens is 1. The van der Waals surface area contributed by atoms with E-state index in [-0.39, 0.29) is 6.03 Å². The molecule has 0 spiro atoms. The summed E-state index contributed by atoms with van der Waals surface area (Å²) in [7, 11) is 0. The molecule has 0 aliphatic carbocycles. The lowest BCUT2D eigenvalue weighted by molar-refractivity contribution is 0.262. The predicted molar refractivity (Wildman–Crippen MR) is 79.9 cm³/mol. The Morgan fingerprint density at radius 1 is 1.11 bits per heavy atom. The fraction of sp³-hybridized carbons (Fsp3) is 0.133. The predicted octanol–water partition coefficient (Wildman–Crippen LogP) is 4.55. The van der Waals surface area contributed by atoms with E-state index in [1.807, 2.05) is 36.4 Å². The Kier molecular flexibility index (Phi) is 4.42. The largest absolute Gasteiger partial charge is 0.323 e. The zero-order valence-electron chi connectivity index (χ0n) is 10.6. The van der Waals surface area contributed by atoms with Gasteiger partial charge in [-0.25, -0.2) is 4.79 Å². The summed E-state index contributed by atoms with van der Waals surface area (Å²) in [4.78, 5) is 11.9. The highest BCUT2D eigenvalue weighted by Gasteiger charge is 2.05. The number of para-hydroxylation sites is 1. The first-order chi connectivity index (χ1) is 9.19. The second-order valence-electron chi connectivity index (χ2n) is 4.11. The van der Waals surface area contributed by atoms with Crippen LogP contribution in [-0.4, -0.2) is 6.03 Å². The van der Waals surface area contributed by atoms with Crippen LogP contribution < -0.4 is 10.6 Å². The molecule has 4 heteroatoms. The number of aryl methyl sites for hydroxylation is 1. The van der Waals surface area contributed by atoms with Crippen LogP contribution in [0, 0.1) is 0 Å². The molecule has 0 bridgehead atoms. The molecular formula is C15H15ClN2O. The molecule has 0 atom stereocenters. The van der Waals surface area contributed by atoms with Gasteiger partial charge in [-0.3, -0.25) is 0 Å². The number of hydrogen-bond acceptors (Lipinski definition) is 1. The molecule has 98 valence electrons. The molecule has 2 N–H and O–H groups in total. The molecule has 2 rings (SSSR count). The van der Waals surface area contributed by atoms with E-state index in [1.165, 1.54) is 5.56 Å². The van der Waals surface area contributed by atoms with E-state index in [2.05, 4.69) is 17.6 Å². The zero-order chi connectivity index (χ0) is 13.7. The SMILES string of the molecule is CCc1cccc(NC(=O)Nc2ccccc2Cl)c1. The third-order valence-corrected chi connectivity index (χ3v) is 3.04. The van der Waals surface area contributed by atoms with Crippen molar-refractivity contribution in [1.29, 1.82) is 0 Å². The molecular weight excluding hydrogens is 260 g/mol. The van der Waals surface area contributed by atoms with Crippen LogP contribution in [0.25, 0.3) is 0 Å². The Hall–Kier alpha value is -2.00. The van der Waals surface area contributed by atoms with E-state index in [0.29, 0.717) is 10.7 Å². The summed E-state index contributed by atoms with van der Waals surface area (Å²) in [6, 6.07) is 14.6. The molecule has 0 fully saturated rings. The van der Waals surface area contributed by atoms with Gasteiger partial charge in [0.25, 0.3) is 0 Å². The molecule has 0 radical (unpaired) electrons. The second-order valence-corrected chi connectivity index (χ2v) is 4.52. The van der Waals surface area contributed by atoms with Gasteiger partial charge in [-0.05, 0) is 36.2 Å². The minimum atomic E-state index is -0.304. The van der Waals surface area contributed by atoms with Gasteiger partial charge in [-0.15, -0.1) is 0 Å². The summed E-state index contributed by atoms with van der Waals surface area (Å²) in [6.45, 7) is 2.07. The van der Waals surface area contributed by atoms with Crippen molar-refractivity contribution in [3.05, 3.63) is 59.1 Å². The van der Waals surface area contributed by atoms with E-state index < -0.39 is 0 Å². The highest BCUT2D eigenvalue weighted by atomic mass is 35.5. The van der Waals surface area contributed by atoms with Crippen molar-refractivity contribution in [3.63, 3.8) is 0 Å². The van der Waals surface area contributed by atoms with Gasteiger partial charge in [0.05, 0.1) is 10.7 Å². The average molecular weight is 275 g/mol. The van der Waals surface area contributed by atoms with Crippen LogP contribution in [0.15, 0.2) is 48.5 Å². The molecule has 0 aliphatic heterocycles. The first-order valence-corrected chi connectivity index (χ1v) is 6.48. The highest BCUT2D eigenvalue weighted by molar-refractivity contribution is 6.33. The number of nitrogens with one attached hydrogen (secondary N) is 2. The quantitative estimate of drug-likeness (QED) is 0.847. The van der Waals surface area contributed by atoms with Gasteiger partial charge >= 0.3 is 6.03 Å². The van der Waals surface area contributed by atoms with Crippen LogP contribution in [0.3, 0.4) is 0 Å². The van der Waals surface area contributed by atoms with Gasteiger partial charge in [0.1, 0.15) is 0 Å². The van der Waals surface area contributed by atoms with Crippen molar-refractivity contribution in [2.45, 2.75) is 13.3 Å². The highest BCUT2D eigenvalue weighted by Crippen LogP contribution is 2.20. The molecule has 2 aromatic rings. The molecule has 3 nitrogen and oxygen atoms in total. The van der Waals surface area contributed by atoms with Gasteiger partial charge < -0.3 is 10.6 Å². The Balaban J connectivity index is 2.03. The van der Waals surface area contributed by atoms with E-state index >= 15 is 0 Å². The summed E-state index contributed by atoms with van der Waals surface area (Å²) in [5, 5.41) is 6.01. The van der Waals surface area contributed by atoms with E-state index in [4.69, 9.17) is 11.6 Å². The number of hydrogen-bond donors (Lipinski definition) is 2. The fourth-order valence-electron chi connectivity index (χ4n) is 1.72. The lowest BCUT2D eigenvalue weighted by atomic mass is 10.1. The first-order valence-electron chi connectivity index (χ1n) is 6.10. The van der Waals surface area contributed by atoms with Crippen LogP contribution in [0.2, 0.25) is 5.02 Å². The number of urea groups is 1. The number of benzene rings is 2. The molecule has 19 heavy (non-hydrogen) atoms. The Bertz CT molecular complexity index is 584. The van der Waals surface area contributed by atoms with Crippen molar-refractivity contribution >= 4 is 29.0 Å². The van der Waals surface area contributed by atoms with E-state index in [0.717, 1.165) is 12.1 Å². The topological polar surface area (TPSA) is 41.1 Å². The Labute approximate surface area is 117 Å². The fourth-order valence-corrected chi connectivity index (χ4v) is 1.90. The summed E-state index contributed by atoms with van der Waals surface area (Å²) in [5.74, 6) is 0. The van der Waals surface area contributed by atoms with Gasteiger partial charge in [-0.1, -0.05) is 42.8 Å². The lowest BCUT2D eigenvalue weighted by Gasteiger charge is -2.09. The smallest absolute Gasteiger partial charge is 0.308 e. The second kappa shape index (κ2) is 6.25. The molecule has 0 unspecified atom stereocenters. The normalized spacial score (nSPS) is 10.0. The van der Waals surface area contributed by atoms with Crippen molar-refractivity contribution in [2.75, 3.05) is 10.6 Å². The molecule has 2 aromatic carbocycles. The maximum Gasteiger partial charge on any atom is 0.323 e. The number of carbonyl (C=O) groups excluding carboxylic acids is 1. The summed E-state index contributed by atoms with van der Waals surface area (Å²) < 4.78 is 0. The Morgan fingerprint density at radius 3 is 2.63 bits per heavy atom. The molecule has 0 aliphatic rings. The first kappa shape index (κ1) is 13.4. The van der Waals surface area contributed by atoms with Crippen molar-refractivity contribution < 1.29 is 4.79 Å². The molecule has 0 heterocycles. The van der Waals surface area contributed by atoms with E-state index in [1.54, 1.807) is 12.1 Å². The van der Waals surface area contributed by atoms with Crippen LogP contribution in [0.4, 0.5) is 16.2 Å². The van der Waals surface area contributed by atoms with Gasteiger partial charge in [0, 0.05) is 5.69 Å². The van der Waals surface area contributed by atoms with Gasteiger partial charge in [0.15, 0.2) is 0 Å². The van der Waals surface area contributed by atoms with Crippen molar-refractivity contribution in [3.8, 4) is 0 Å². The van der Waals surface area contributed by atoms with Crippen LogP contribution >= 0.6 is 11.6 Å². The monoisotopic (exact) mass is 274 g/mol. The van der Waals surface area contributed by atoms with Crippen LogP contribution in [0.5, 0.6) is 0 Å². The lowest BCUT2D eigenvalue weighted by Crippen LogP contribution is -2.19. The maximum absolute atomic E-state index is 11.9. The standard InChI is InChI=1S/C15H15ClN2O/c1-2-11-6-5-7-12(10-11)17-15(19)18-14-9-4-3-8-13(14)16/h3-10H,2H2,1H3,(H2,17,18,19). The molecule has 2 amide bonds. The number of anilines is 2. The minimum Gasteiger partial charge on any atom is -0.308 e. The summed E-state index contributed by atoms with van der Waals surface area (Å²) in [5.41, 5.74) is 2.53. The zero-order valence-corrected chi connectivity index (χ0v) is 11.4. The van der Waals surface area contributed by atoms with Crippen molar-refractivity contribution in [1.82, 2.24) is 0 Å². The van der Waals surface area contributed by atoms with E-state index in [9.17, 15) is 4.79 Å². The van der Waals surface area contributed by atoms with Crippen molar-refractivity contribution in [2.24, 2.45) is 0 Å². The number of rotatable bonds is 3. The number of amides is 2. The van der Waals surface area contributed by atoms with Crippen LogP contribution in [-0.2, 0) is 6.42 Å². The number of carbonyl (C=O) groups is 1. The average Bonchev–Trinajstić information content (AvgIpc) is 2.41. The molecule has 0 saturated carbocycles. The molecule has 0 saturated heterocycles. The molecule has 0 aromatic heterocycles. The third-order valence-electron chi connectivity index (χ3n) is 2.72. The summed E-state index contributed by atoms with van der Waals surface area (Å²) >= 11 is 5.98. The minimum absolute atomic E-state index is 0.304. The van der Waals surface area contributed by atoms with Gasteiger partial charge in [-0.2, -0.15) is 0 Å². The third kappa shape index (κ3) is 3.73.